The number of nitrogens with two attached hydrogens (primary N) is 1. The van der Waals surface area contributed by atoms with Crippen molar-refractivity contribution in [2.45, 2.75) is 51.1 Å². The Morgan fingerprint density at radius 3 is 2.57 bits per heavy atom. The number of halogens is 2. The first-order valence-corrected chi connectivity index (χ1v) is 8.30. The van der Waals surface area contributed by atoms with Crippen LogP contribution in [-0.2, 0) is 0 Å². The van der Waals surface area contributed by atoms with Gasteiger partial charge < -0.3 is 10.6 Å². The van der Waals surface area contributed by atoms with Gasteiger partial charge in [-0.15, -0.1) is 0 Å². The van der Waals surface area contributed by atoms with E-state index in [1.54, 1.807) is 18.2 Å². The number of amides is 1. The van der Waals surface area contributed by atoms with Crippen molar-refractivity contribution in [2.75, 3.05) is 6.54 Å². The molecule has 0 aliphatic heterocycles. The molecule has 0 radical (unpaired) electrons. The van der Waals surface area contributed by atoms with Gasteiger partial charge in [0.15, 0.2) is 0 Å². The molecule has 1 aromatic carbocycles. The second-order valence-corrected chi connectivity index (χ2v) is 6.45. The number of nitrogens with zero attached hydrogens (tertiary/aromatic N) is 1. The molecule has 5 heteroatoms. The van der Waals surface area contributed by atoms with Crippen molar-refractivity contribution in [2.24, 2.45) is 5.73 Å². The molecule has 0 unspecified atom stereocenters. The quantitative estimate of drug-likeness (QED) is 0.903. The van der Waals surface area contributed by atoms with Gasteiger partial charge in [-0.05, 0) is 44.2 Å². The maximum Gasteiger partial charge on any atom is 0.255 e. The minimum Gasteiger partial charge on any atom is -0.336 e. The van der Waals surface area contributed by atoms with Gasteiger partial charge in [-0.25, -0.2) is 0 Å². The van der Waals surface area contributed by atoms with E-state index in [-0.39, 0.29) is 18.0 Å². The lowest BCUT2D eigenvalue weighted by Gasteiger charge is -2.36. The second kappa shape index (κ2) is 7.48. The molecule has 2 N–H and O–H groups in total. The van der Waals surface area contributed by atoms with Crippen molar-refractivity contribution in [1.29, 1.82) is 0 Å². The Labute approximate surface area is 136 Å². The molecule has 116 valence electrons. The van der Waals surface area contributed by atoms with Crippen molar-refractivity contribution in [3.8, 4) is 0 Å². The summed E-state index contributed by atoms with van der Waals surface area (Å²) in [6.45, 7) is 2.82. The van der Waals surface area contributed by atoms with Crippen LogP contribution in [0.5, 0.6) is 0 Å². The van der Waals surface area contributed by atoms with Gasteiger partial charge in [0.2, 0.25) is 0 Å². The Hall–Kier alpha value is -0.770. The molecule has 2 rings (SSSR count). The Kier molecular flexibility index (Phi) is 5.91. The summed E-state index contributed by atoms with van der Waals surface area (Å²) < 4.78 is 0. The number of carbonyl (C=O) groups excluding carboxylic acids is 1. The summed E-state index contributed by atoms with van der Waals surface area (Å²) in [7, 11) is 0. The molecule has 1 aliphatic carbocycles. The molecule has 0 atom stereocenters. The molecule has 1 amide bonds. The van der Waals surface area contributed by atoms with Crippen LogP contribution < -0.4 is 5.73 Å². The van der Waals surface area contributed by atoms with E-state index in [0.29, 0.717) is 15.6 Å². The summed E-state index contributed by atoms with van der Waals surface area (Å²) in [5.74, 6) is -0.0233. The average molecular weight is 329 g/mol. The second-order valence-electron chi connectivity index (χ2n) is 5.67. The van der Waals surface area contributed by atoms with Gasteiger partial charge in [-0.1, -0.05) is 36.2 Å². The average Bonchev–Trinajstić information content (AvgIpc) is 2.48. The third kappa shape index (κ3) is 3.91. The third-order valence-electron chi connectivity index (χ3n) is 4.09. The summed E-state index contributed by atoms with van der Waals surface area (Å²) in [6, 6.07) is 5.74. The number of hydrogen-bond acceptors (Lipinski definition) is 2. The van der Waals surface area contributed by atoms with Crippen LogP contribution in [0.2, 0.25) is 10.0 Å². The minimum atomic E-state index is -0.0233. The summed E-state index contributed by atoms with van der Waals surface area (Å²) in [5.41, 5.74) is 6.45. The van der Waals surface area contributed by atoms with Crippen molar-refractivity contribution >= 4 is 29.1 Å². The van der Waals surface area contributed by atoms with E-state index in [2.05, 4.69) is 6.92 Å². The summed E-state index contributed by atoms with van der Waals surface area (Å²) in [5, 5.41) is 0.766. The molecule has 0 bridgehead atoms. The number of carbonyl (C=O) groups is 1. The van der Waals surface area contributed by atoms with Crippen molar-refractivity contribution < 1.29 is 4.79 Å². The van der Waals surface area contributed by atoms with Gasteiger partial charge in [0.05, 0.1) is 15.6 Å². The first kappa shape index (κ1) is 16.6. The molecule has 1 aliphatic rings. The first-order chi connectivity index (χ1) is 10.0. The number of rotatable bonds is 4. The Balaban J connectivity index is 2.21. The van der Waals surface area contributed by atoms with E-state index in [0.717, 1.165) is 38.6 Å². The van der Waals surface area contributed by atoms with Crippen LogP contribution in [0.4, 0.5) is 0 Å². The molecule has 0 saturated heterocycles. The van der Waals surface area contributed by atoms with Gasteiger partial charge in [-0.3, -0.25) is 4.79 Å². The highest BCUT2D eigenvalue weighted by atomic mass is 35.5. The highest BCUT2D eigenvalue weighted by Crippen LogP contribution is 2.29. The van der Waals surface area contributed by atoms with Crippen LogP contribution in [0.15, 0.2) is 18.2 Å². The molecule has 1 saturated carbocycles. The number of hydrogen-bond donors (Lipinski definition) is 1. The first-order valence-electron chi connectivity index (χ1n) is 7.55. The molecule has 3 nitrogen and oxygen atoms in total. The van der Waals surface area contributed by atoms with E-state index in [9.17, 15) is 4.79 Å². The highest BCUT2D eigenvalue weighted by molar-refractivity contribution is 6.43. The maximum atomic E-state index is 12.8. The topological polar surface area (TPSA) is 46.3 Å². The molecule has 0 aromatic heterocycles. The zero-order valence-corrected chi connectivity index (χ0v) is 13.8. The lowest BCUT2D eigenvalue weighted by molar-refractivity contribution is 0.0627. The zero-order chi connectivity index (χ0) is 15.4. The summed E-state index contributed by atoms with van der Waals surface area (Å²) >= 11 is 12.2. The highest BCUT2D eigenvalue weighted by Gasteiger charge is 2.29. The largest absolute Gasteiger partial charge is 0.336 e. The smallest absolute Gasteiger partial charge is 0.255 e. The van der Waals surface area contributed by atoms with Crippen LogP contribution in [-0.4, -0.2) is 29.4 Å². The number of benzene rings is 1. The predicted octanol–water partition coefficient (Wildman–Crippen LogP) is 4.12. The predicted molar refractivity (Wildman–Crippen MR) is 88.0 cm³/mol. The maximum absolute atomic E-state index is 12.8. The van der Waals surface area contributed by atoms with Gasteiger partial charge >= 0.3 is 0 Å². The van der Waals surface area contributed by atoms with Crippen LogP contribution in [0.1, 0.15) is 49.4 Å². The van der Waals surface area contributed by atoms with Gasteiger partial charge in [0, 0.05) is 18.6 Å². The SMILES string of the molecule is CCCN(C(=O)c1cccc(Cl)c1Cl)C1CCC(N)CC1. The Morgan fingerprint density at radius 2 is 1.95 bits per heavy atom. The van der Waals surface area contributed by atoms with Crippen LogP contribution in [0.25, 0.3) is 0 Å². The monoisotopic (exact) mass is 328 g/mol. The molecular formula is C16H22Cl2N2O. The van der Waals surface area contributed by atoms with Crippen LogP contribution in [0, 0.1) is 0 Å². The van der Waals surface area contributed by atoms with E-state index < -0.39 is 0 Å². The lowest BCUT2D eigenvalue weighted by Crippen LogP contribution is -2.44. The van der Waals surface area contributed by atoms with E-state index in [1.807, 2.05) is 4.90 Å². The molecule has 1 aromatic rings. The van der Waals surface area contributed by atoms with Gasteiger partial charge in [-0.2, -0.15) is 0 Å². The molecule has 0 spiro atoms. The standard InChI is InChI=1S/C16H22Cl2N2O/c1-2-10-20(12-8-6-11(19)7-9-12)16(21)13-4-3-5-14(17)15(13)18/h3-5,11-12H,2,6-10,19H2,1H3. The van der Waals surface area contributed by atoms with Crippen LogP contribution >= 0.6 is 23.2 Å². The van der Waals surface area contributed by atoms with E-state index in [1.165, 1.54) is 0 Å². The molecule has 21 heavy (non-hydrogen) atoms. The van der Waals surface area contributed by atoms with Crippen LogP contribution in [0.3, 0.4) is 0 Å². The van der Waals surface area contributed by atoms with Crippen molar-refractivity contribution in [3.05, 3.63) is 33.8 Å². The fourth-order valence-electron chi connectivity index (χ4n) is 2.93. The van der Waals surface area contributed by atoms with Gasteiger partial charge in [0.25, 0.3) is 5.91 Å². The zero-order valence-electron chi connectivity index (χ0n) is 12.3. The van der Waals surface area contributed by atoms with Gasteiger partial charge in [0.1, 0.15) is 0 Å². The minimum absolute atomic E-state index is 0.0233. The van der Waals surface area contributed by atoms with Crippen molar-refractivity contribution in [1.82, 2.24) is 4.90 Å². The Bertz CT molecular complexity index is 499. The fourth-order valence-corrected chi connectivity index (χ4v) is 3.31. The fraction of sp³-hybridized carbons (Fsp3) is 0.562. The van der Waals surface area contributed by atoms with E-state index in [4.69, 9.17) is 28.9 Å². The van der Waals surface area contributed by atoms with Crippen molar-refractivity contribution in [3.63, 3.8) is 0 Å². The molecular weight excluding hydrogens is 307 g/mol. The normalized spacial score (nSPS) is 22.1. The summed E-state index contributed by atoms with van der Waals surface area (Å²) in [4.78, 5) is 14.8. The molecule has 0 heterocycles. The van der Waals surface area contributed by atoms with E-state index >= 15 is 0 Å². The third-order valence-corrected chi connectivity index (χ3v) is 4.91. The summed E-state index contributed by atoms with van der Waals surface area (Å²) in [6.07, 6.45) is 4.80. The Morgan fingerprint density at radius 1 is 1.29 bits per heavy atom. The molecule has 1 fully saturated rings. The lowest BCUT2D eigenvalue weighted by atomic mass is 9.90.